The fourth-order valence-electron chi connectivity index (χ4n) is 2.62. The molecule has 1 atom stereocenters. The van der Waals surface area contributed by atoms with Gasteiger partial charge in [0.2, 0.25) is 0 Å². The Labute approximate surface area is 146 Å². The van der Waals surface area contributed by atoms with Crippen molar-refractivity contribution in [3.63, 3.8) is 0 Å². The smallest absolute Gasteiger partial charge is 0.262 e. The molecule has 0 aliphatic carbocycles. The van der Waals surface area contributed by atoms with Gasteiger partial charge in [-0.15, -0.1) is 0 Å². The minimum absolute atomic E-state index is 0.131. The van der Waals surface area contributed by atoms with E-state index in [1.165, 1.54) is 0 Å². The van der Waals surface area contributed by atoms with Gasteiger partial charge in [-0.1, -0.05) is 23.7 Å². The summed E-state index contributed by atoms with van der Waals surface area (Å²) in [5, 5.41) is 3.32. The number of rotatable bonds is 5. The van der Waals surface area contributed by atoms with Crippen molar-refractivity contribution in [2.24, 2.45) is 0 Å². The first-order valence-corrected chi connectivity index (χ1v) is 8.16. The maximum Gasteiger partial charge on any atom is 0.262 e. The Kier molecular flexibility index (Phi) is 5.11. The largest absolute Gasteiger partial charge is 0.492 e. The summed E-state index contributed by atoms with van der Waals surface area (Å²) in [4.78, 5) is 14.0. The summed E-state index contributed by atoms with van der Waals surface area (Å²) in [7, 11) is 1.61. The van der Waals surface area contributed by atoms with Crippen LogP contribution in [0.1, 0.15) is 0 Å². The number of carbonyl (C=O) groups is 1. The van der Waals surface area contributed by atoms with Crippen molar-refractivity contribution < 1.29 is 14.3 Å². The van der Waals surface area contributed by atoms with Gasteiger partial charge in [0.05, 0.1) is 18.8 Å². The number of ether oxygens (including phenoxy) is 2. The highest BCUT2D eigenvalue weighted by Gasteiger charge is 2.29. The summed E-state index contributed by atoms with van der Waals surface area (Å²) in [6, 6.07) is 15.0. The molecule has 0 saturated carbocycles. The van der Waals surface area contributed by atoms with E-state index in [-0.39, 0.29) is 5.91 Å². The van der Waals surface area contributed by atoms with Crippen LogP contribution in [0.15, 0.2) is 48.5 Å². The van der Waals surface area contributed by atoms with Crippen molar-refractivity contribution in [3.05, 3.63) is 53.6 Å². The molecular weight excluding hydrogens is 328 g/mol. The molecule has 0 aromatic heterocycles. The van der Waals surface area contributed by atoms with Gasteiger partial charge in [0, 0.05) is 12.1 Å². The van der Waals surface area contributed by atoms with Gasteiger partial charge in [-0.25, -0.2) is 0 Å². The highest BCUT2D eigenvalue weighted by Crippen LogP contribution is 2.32. The Morgan fingerprint density at radius 3 is 2.79 bits per heavy atom. The predicted molar refractivity (Wildman–Crippen MR) is 94.1 cm³/mol. The van der Waals surface area contributed by atoms with Crippen LogP contribution in [-0.2, 0) is 4.79 Å². The van der Waals surface area contributed by atoms with E-state index in [2.05, 4.69) is 10.2 Å². The van der Waals surface area contributed by atoms with E-state index in [1.54, 1.807) is 19.2 Å². The van der Waals surface area contributed by atoms with Crippen LogP contribution in [-0.4, -0.2) is 38.8 Å². The molecule has 3 rings (SSSR count). The van der Waals surface area contributed by atoms with Crippen LogP contribution in [0.2, 0.25) is 5.02 Å². The summed E-state index contributed by atoms with van der Waals surface area (Å²) < 4.78 is 11.5. The molecule has 1 amide bonds. The molecule has 2 aromatic carbocycles. The zero-order valence-electron chi connectivity index (χ0n) is 13.4. The molecule has 0 spiro atoms. The van der Waals surface area contributed by atoms with Crippen molar-refractivity contribution in [2.75, 3.05) is 31.6 Å². The highest BCUT2D eigenvalue weighted by atomic mass is 35.5. The molecular formula is C18H19ClN2O3. The number of anilines is 1. The Hall–Kier alpha value is -2.40. The summed E-state index contributed by atoms with van der Waals surface area (Å²) in [5.74, 6) is 1.35. The average molecular weight is 347 g/mol. The molecule has 0 saturated heterocycles. The predicted octanol–water partition coefficient (Wildman–Crippen LogP) is 2.73. The summed E-state index contributed by atoms with van der Waals surface area (Å²) >= 11 is 5.87. The molecule has 1 heterocycles. The molecule has 1 unspecified atom stereocenters. The lowest BCUT2D eigenvalue weighted by molar-refractivity contribution is -0.127. The van der Waals surface area contributed by atoms with Gasteiger partial charge in [0.15, 0.2) is 6.10 Å². The van der Waals surface area contributed by atoms with Gasteiger partial charge in [0.1, 0.15) is 18.1 Å². The molecule has 2 aromatic rings. The van der Waals surface area contributed by atoms with Gasteiger partial charge in [-0.05, 0) is 36.4 Å². The first kappa shape index (κ1) is 16.5. The first-order valence-electron chi connectivity index (χ1n) is 7.78. The number of nitrogens with zero attached hydrogens (tertiary/aromatic N) is 1. The maximum absolute atomic E-state index is 11.9. The molecule has 1 aliphatic heterocycles. The Morgan fingerprint density at radius 2 is 2.04 bits per heavy atom. The summed E-state index contributed by atoms with van der Waals surface area (Å²) in [5.41, 5.74) is 0.970. The second-order valence-corrected chi connectivity index (χ2v) is 5.87. The van der Waals surface area contributed by atoms with Gasteiger partial charge in [-0.2, -0.15) is 0 Å². The molecule has 126 valence electrons. The fourth-order valence-corrected chi connectivity index (χ4v) is 2.75. The molecule has 0 bridgehead atoms. The minimum atomic E-state index is -0.527. The van der Waals surface area contributed by atoms with E-state index in [4.69, 9.17) is 21.1 Å². The number of nitrogens with one attached hydrogen (secondary N) is 1. The summed E-state index contributed by atoms with van der Waals surface area (Å²) in [6.07, 6.45) is -0.527. The topological polar surface area (TPSA) is 50.8 Å². The van der Waals surface area contributed by atoms with E-state index in [1.807, 2.05) is 36.4 Å². The van der Waals surface area contributed by atoms with E-state index < -0.39 is 6.10 Å². The number of hydrogen-bond donors (Lipinski definition) is 1. The Morgan fingerprint density at radius 1 is 1.29 bits per heavy atom. The number of amides is 1. The van der Waals surface area contributed by atoms with E-state index in [9.17, 15) is 4.79 Å². The lowest BCUT2D eigenvalue weighted by Crippen LogP contribution is -2.49. The quantitative estimate of drug-likeness (QED) is 0.904. The van der Waals surface area contributed by atoms with Crippen LogP contribution in [0.3, 0.4) is 0 Å². The number of para-hydroxylation sites is 2. The summed E-state index contributed by atoms with van der Waals surface area (Å²) in [6.45, 7) is 1.63. The maximum atomic E-state index is 11.9. The second-order valence-electron chi connectivity index (χ2n) is 5.44. The number of likely N-dealkylation sites (N-methyl/N-ethyl adjacent to an activating group) is 1. The van der Waals surface area contributed by atoms with Crippen molar-refractivity contribution in [1.29, 1.82) is 0 Å². The second kappa shape index (κ2) is 7.45. The standard InChI is InChI=1S/C18H19ClN2O3/c1-20-18(22)17-12-21(15-4-2-3-5-16(15)24-17)10-11-23-14-8-6-13(19)7-9-14/h2-9,17H,10-12H2,1H3,(H,20,22). The van der Waals surface area contributed by atoms with Crippen LogP contribution in [0.25, 0.3) is 0 Å². The monoisotopic (exact) mass is 346 g/mol. The molecule has 0 radical (unpaired) electrons. The van der Waals surface area contributed by atoms with Crippen LogP contribution in [0, 0.1) is 0 Å². The highest BCUT2D eigenvalue weighted by molar-refractivity contribution is 6.30. The van der Waals surface area contributed by atoms with Crippen molar-refractivity contribution in [2.45, 2.75) is 6.10 Å². The van der Waals surface area contributed by atoms with E-state index in [0.29, 0.717) is 30.5 Å². The molecule has 5 nitrogen and oxygen atoms in total. The first-order chi connectivity index (χ1) is 11.7. The van der Waals surface area contributed by atoms with E-state index >= 15 is 0 Å². The SMILES string of the molecule is CNC(=O)C1CN(CCOc2ccc(Cl)cc2)c2ccccc2O1. The zero-order chi connectivity index (χ0) is 16.9. The molecule has 1 aliphatic rings. The fraction of sp³-hybridized carbons (Fsp3) is 0.278. The molecule has 0 fully saturated rings. The van der Waals surface area contributed by atoms with E-state index in [0.717, 1.165) is 11.4 Å². The third-order valence-electron chi connectivity index (χ3n) is 3.84. The third-order valence-corrected chi connectivity index (χ3v) is 4.10. The number of benzene rings is 2. The normalized spacial score (nSPS) is 16.1. The van der Waals surface area contributed by atoms with Crippen molar-refractivity contribution in [1.82, 2.24) is 5.32 Å². The van der Waals surface area contributed by atoms with Crippen molar-refractivity contribution >= 4 is 23.2 Å². The Balaban J connectivity index is 1.66. The number of halogens is 1. The third kappa shape index (κ3) is 3.74. The number of fused-ring (bicyclic) bond motifs is 1. The zero-order valence-corrected chi connectivity index (χ0v) is 14.1. The van der Waals surface area contributed by atoms with Crippen LogP contribution in [0.4, 0.5) is 5.69 Å². The van der Waals surface area contributed by atoms with Crippen molar-refractivity contribution in [3.8, 4) is 11.5 Å². The molecule has 1 N–H and O–H groups in total. The van der Waals surface area contributed by atoms with Gasteiger partial charge < -0.3 is 19.7 Å². The number of carbonyl (C=O) groups excluding carboxylic acids is 1. The molecule has 6 heteroatoms. The molecule has 24 heavy (non-hydrogen) atoms. The number of hydrogen-bond acceptors (Lipinski definition) is 4. The van der Waals surface area contributed by atoms with Gasteiger partial charge >= 0.3 is 0 Å². The Bertz CT molecular complexity index is 706. The lowest BCUT2D eigenvalue weighted by atomic mass is 10.2. The van der Waals surface area contributed by atoms with Crippen LogP contribution in [0.5, 0.6) is 11.5 Å². The van der Waals surface area contributed by atoms with Gasteiger partial charge in [0.25, 0.3) is 5.91 Å². The van der Waals surface area contributed by atoms with Gasteiger partial charge in [-0.3, -0.25) is 4.79 Å². The van der Waals surface area contributed by atoms with Crippen LogP contribution >= 0.6 is 11.6 Å². The minimum Gasteiger partial charge on any atom is -0.492 e. The lowest BCUT2D eigenvalue weighted by Gasteiger charge is -2.35. The van der Waals surface area contributed by atoms with Crippen LogP contribution < -0.4 is 19.7 Å². The average Bonchev–Trinajstić information content (AvgIpc) is 2.62.